The zero-order valence-corrected chi connectivity index (χ0v) is 11.4. The Kier molecular flexibility index (Phi) is 4.42. The van der Waals surface area contributed by atoms with Crippen molar-refractivity contribution >= 4 is 11.6 Å². The molecule has 0 saturated carbocycles. The van der Waals surface area contributed by atoms with Crippen LogP contribution >= 0.6 is 0 Å². The average molecular weight is 284 g/mol. The lowest BCUT2D eigenvalue weighted by atomic mass is 10.1. The quantitative estimate of drug-likeness (QED) is 0.867. The van der Waals surface area contributed by atoms with Crippen molar-refractivity contribution in [2.45, 2.75) is 32.3 Å². The summed E-state index contributed by atoms with van der Waals surface area (Å²) in [4.78, 5) is 13.8. The lowest BCUT2D eigenvalue weighted by Gasteiger charge is -2.29. The fraction of sp³-hybridized carbons (Fsp3) is 0.500. The summed E-state index contributed by atoms with van der Waals surface area (Å²) in [6, 6.07) is 1.72. The van der Waals surface area contributed by atoms with Crippen molar-refractivity contribution in [1.82, 2.24) is 4.90 Å². The number of nitrogens with zero attached hydrogens (tertiary/aromatic N) is 1. The van der Waals surface area contributed by atoms with Crippen molar-refractivity contribution in [3.05, 3.63) is 23.8 Å². The number of likely N-dealkylation sites (tertiary alicyclic amines) is 1. The first-order valence-electron chi connectivity index (χ1n) is 6.69. The molecule has 0 aliphatic carbocycles. The summed E-state index contributed by atoms with van der Waals surface area (Å²) in [5.41, 5.74) is 4.96. The molecule has 1 unspecified atom stereocenters. The molecular weight excluding hydrogens is 266 g/mol. The number of halogens is 2. The first kappa shape index (κ1) is 14.6. The highest BCUT2D eigenvalue weighted by Gasteiger charge is 2.24. The molecule has 0 aromatic heterocycles. The third-order valence-corrected chi connectivity index (χ3v) is 3.37. The molecule has 2 N–H and O–H groups in total. The van der Waals surface area contributed by atoms with Crippen LogP contribution < -0.4 is 10.5 Å². The molecule has 1 amide bonds. The van der Waals surface area contributed by atoms with Gasteiger partial charge in [-0.05, 0) is 26.2 Å². The molecule has 1 heterocycles. The summed E-state index contributed by atoms with van der Waals surface area (Å²) in [6.45, 7) is 2.90. The van der Waals surface area contributed by atoms with E-state index in [-0.39, 0.29) is 17.3 Å². The summed E-state index contributed by atoms with van der Waals surface area (Å²) in [6.07, 6.45) is 2.18. The second kappa shape index (κ2) is 6.07. The maximum Gasteiger partial charge on any atom is 0.263 e. The Balaban J connectivity index is 2.05. The van der Waals surface area contributed by atoms with Crippen LogP contribution in [0.2, 0.25) is 0 Å². The molecule has 0 bridgehead atoms. The van der Waals surface area contributed by atoms with Crippen LogP contribution in [0, 0.1) is 11.6 Å². The van der Waals surface area contributed by atoms with E-state index in [4.69, 9.17) is 10.5 Å². The van der Waals surface area contributed by atoms with Crippen LogP contribution in [0.25, 0.3) is 0 Å². The molecule has 1 saturated heterocycles. The molecule has 20 heavy (non-hydrogen) atoms. The predicted molar refractivity (Wildman–Crippen MR) is 71.3 cm³/mol. The van der Waals surface area contributed by atoms with E-state index in [1.807, 2.05) is 0 Å². The van der Waals surface area contributed by atoms with Crippen LogP contribution in [-0.4, -0.2) is 30.0 Å². The van der Waals surface area contributed by atoms with E-state index in [9.17, 15) is 13.6 Å². The number of nitrogen functional groups attached to an aromatic ring is 1. The fourth-order valence-corrected chi connectivity index (χ4v) is 2.25. The van der Waals surface area contributed by atoms with Gasteiger partial charge in [-0.1, -0.05) is 0 Å². The second-order valence-corrected chi connectivity index (χ2v) is 4.95. The number of ether oxygens (including phenoxy) is 1. The van der Waals surface area contributed by atoms with E-state index < -0.39 is 17.7 Å². The molecule has 2 rings (SSSR count). The minimum Gasteiger partial charge on any atom is -0.478 e. The van der Waals surface area contributed by atoms with Gasteiger partial charge in [-0.15, -0.1) is 0 Å². The van der Waals surface area contributed by atoms with Crippen LogP contribution in [0.4, 0.5) is 14.5 Å². The smallest absolute Gasteiger partial charge is 0.263 e. The topological polar surface area (TPSA) is 55.6 Å². The normalized spacial score (nSPS) is 16.9. The van der Waals surface area contributed by atoms with Crippen LogP contribution in [0.1, 0.15) is 26.2 Å². The minimum absolute atomic E-state index is 0.207. The number of anilines is 1. The van der Waals surface area contributed by atoms with Gasteiger partial charge in [0.05, 0.1) is 5.69 Å². The van der Waals surface area contributed by atoms with Gasteiger partial charge in [0.25, 0.3) is 5.91 Å². The van der Waals surface area contributed by atoms with Crippen LogP contribution in [0.5, 0.6) is 5.75 Å². The molecule has 1 aromatic carbocycles. The van der Waals surface area contributed by atoms with E-state index in [2.05, 4.69) is 0 Å². The zero-order chi connectivity index (χ0) is 14.7. The van der Waals surface area contributed by atoms with Crippen molar-refractivity contribution in [2.75, 3.05) is 18.8 Å². The molecular formula is C14H18F2N2O2. The first-order chi connectivity index (χ1) is 9.49. The number of hydrogen-bond acceptors (Lipinski definition) is 3. The Labute approximate surface area is 116 Å². The Morgan fingerprint density at radius 3 is 2.55 bits per heavy atom. The third kappa shape index (κ3) is 3.18. The highest BCUT2D eigenvalue weighted by atomic mass is 19.1. The molecule has 6 heteroatoms. The van der Waals surface area contributed by atoms with Gasteiger partial charge in [0.1, 0.15) is 5.82 Å². The lowest BCUT2D eigenvalue weighted by Crippen LogP contribution is -2.43. The van der Waals surface area contributed by atoms with E-state index in [1.165, 1.54) is 6.92 Å². The third-order valence-electron chi connectivity index (χ3n) is 3.37. The molecule has 4 nitrogen and oxygen atoms in total. The van der Waals surface area contributed by atoms with Crippen molar-refractivity contribution in [2.24, 2.45) is 0 Å². The van der Waals surface area contributed by atoms with Gasteiger partial charge < -0.3 is 15.4 Å². The number of piperidine rings is 1. The number of carbonyl (C=O) groups is 1. The fourth-order valence-electron chi connectivity index (χ4n) is 2.25. The lowest BCUT2D eigenvalue weighted by molar-refractivity contribution is -0.138. The molecule has 1 atom stereocenters. The second-order valence-electron chi connectivity index (χ2n) is 4.95. The Hall–Kier alpha value is -1.85. The molecule has 0 spiro atoms. The van der Waals surface area contributed by atoms with Crippen molar-refractivity contribution in [3.63, 3.8) is 0 Å². The minimum atomic E-state index is -0.856. The molecule has 0 radical (unpaired) electrons. The van der Waals surface area contributed by atoms with Crippen molar-refractivity contribution in [1.29, 1.82) is 0 Å². The summed E-state index contributed by atoms with van der Waals surface area (Å²) in [5.74, 6) is -2.04. The standard InChI is InChI=1S/C14H18F2N2O2/c1-9(14(19)18-5-3-2-4-6-18)20-13-8-10(15)12(17)7-11(13)16/h7-9H,2-6,17H2,1H3. The van der Waals surface area contributed by atoms with Crippen LogP contribution in [0.15, 0.2) is 12.1 Å². The van der Waals surface area contributed by atoms with Crippen molar-refractivity contribution < 1.29 is 18.3 Å². The van der Waals surface area contributed by atoms with Crippen molar-refractivity contribution in [3.8, 4) is 5.75 Å². The zero-order valence-electron chi connectivity index (χ0n) is 11.4. The summed E-state index contributed by atoms with van der Waals surface area (Å²) < 4.78 is 32.1. The Morgan fingerprint density at radius 1 is 1.25 bits per heavy atom. The van der Waals surface area contributed by atoms with Crippen LogP contribution in [-0.2, 0) is 4.79 Å². The van der Waals surface area contributed by atoms with Gasteiger partial charge in [0.2, 0.25) is 0 Å². The average Bonchev–Trinajstić information content (AvgIpc) is 2.44. The van der Waals surface area contributed by atoms with Gasteiger partial charge in [0, 0.05) is 25.2 Å². The molecule has 1 fully saturated rings. The van der Waals surface area contributed by atoms with Crippen LogP contribution in [0.3, 0.4) is 0 Å². The number of rotatable bonds is 3. The molecule has 1 aliphatic rings. The maximum absolute atomic E-state index is 13.6. The number of carbonyl (C=O) groups excluding carboxylic acids is 1. The van der Waals surface area contributed by atoms with Gasteiger partial charge in [-0.3, -0.25) is 4.79 Å². The molecule has 1 aliphatic heterocycles. The van der Waals surface area contributed by atoms with E-state index >= 15 is 0 Å². The summed E-state index contributed by atoms with van der Waals surface area (Å²) in [7, 11) is 0. The largest absolute Gasteiger partial charge is 0.478 e. The highest BCUT2D eigenvalue weighted by molar-refractivity contribution is 5.81. The number of hydrogen-bond donors (Lipinski definition) is 1. The van der Waals surface area contributed by atoms with Gasteiger partial charge in [-0.25, -0.2) is 8.78 Å². The summed E-state index contributed by atoms with van der Waals surface area (Å²) in [5, 5.41) is 0. The first-order valence-corrected chi connectivity index (χ1v) is 6.69. The number of nitrogens with two attached hydrogens (primary N) is 1. The maximum atomic E-state index is 13.6. The Bertz CT molecular complexity index is 502. The van der Waals surface area contributed by atoms with Gasteiger partial charge in [-0.2, -0.15) is 0 Å². The van der Waals surface area contributed by atoms with E-state index in [0.717, 1.165) is 31.4 Å². The molecule has 1 aromatic rings. The Morgan fingerprint density at radius 2 is 1.90 bits per heavy atom. The SMILES string of the molecule is CC(Oc1cc(F)c(N)cc1F)C(=O)N1CCCCC1. The number of amides is 1. The van der Waals surface area contributed by atoms with Gasteiger partial charge in [0.15, 0.2) is 17.7 Å². The number of benzene rings is 1. The molecule has 110 valence electrons. The van der Waals surface area contributed by atoms with E-state index in [0.29, 0.717) is 13.1 Å². The van der Waals surface area contributed by atoms with Gasteiger partial charge >= 0.3 is 0 Å². The summed E-state index contributed by atoms with van der Waals surface area (Å²) >= 11 is 0. The predicted octanol–water partition coefficient (Wildman–Crippen LogP) is 2.33. The highest BCUT2D eigenvalue weighted by Crippen LogP contribution is 2.24. The monoisotopic (exact) mass is 284 g/mol. The van der Waals surface area contributed by atoms with E-state index in [1.54, 1.807) is 4.90 Å².